The van der Waals surface area contributed by atoms with Crippen molar-refractivity contribution in [3.63, 3.8) is 0 Å². The van der Waals surface area contributed by atoms with Crippen molar-refractivity contribution in [3.8, 4) is 6.07 Å². The van der Waals surface area contributed by atoms with Crippen LogP contribution in [0.3, 0.4) is 0 Å². The van der Waals surface area contributed by atoms with Gasteiger partial charge in [0.05, 0.1) is 0 Å². The molecule has 0 saturated heterocycles. The van der Waals surface area contributed by atoms with E-state index in [9.17, 15) is 4.79 Å². The quantitative estimate of drug-likeness (QED) is 0.620. The van der Waals surface area contributed by atoms with Gasteiger partial charge in [0.15, 0.2) is 0 Å². The van der Waals surface area contributed by atoms with Crippen molar-refractivity contribution in [3.05, 3.63) is 41.6 Å². The summed E-state index contributed by atoms with van der Waals surface area (Å²) in [7, 11) is 0. The third-order valence-corrected chi connectivity index (χ3v) is 3.32. The van der Waals surface area contributed by atoms with Crippen molar-refractivity contribution in [2.75, 3.05) is 5.32 Å². The number of nitriles is 1. The van der Waals surface area contributed by atoms with Gasteiger partial charge in [-0.1, -0.05) is 32.9 Å². The second kappa shape index (κ2) is 8.11. The molecule has 0 bridgehead atoms. The van der Waals surface area contributed by atoms with Crippen LogP contribution in [-0.4, -0.2) is 11.9 Å². The Balaban J connectivity index is 2.72. The number of carbonyl (C=O) groups excluding carboxylic acids is 1. The average molecular weight is 285 g/mol. The summed E-state index contributed by atoms with van der Waals surface area (Å²) in [5, 5.41) is 14.8. The maximum Gasteiger partial charge on any atom is 0.267 e. The monoisotopic (exact) mass is 285 g/mol. The maximum absolute atomic E-state index is 12.0. The summed E-state index contributed by atoms with van der Waals surface area (Å²) in [6, 6.07) is 9.81. The molecule has 0 aliphatic heterocycles. The van der Waals surface area contributed by atoms with Crippen LogP contribution in [0.4, 0.5) is 5.69 Å². The highest BCUT2D eigenvalue weighted by atomic mass is 16.1. The molecule has 0 saturated carbocycles. The van der Waals surface area contributed by atoms with E-state index < -0.39 is 5.91 Å². The van der Waals surface area contributed by atoms with E-state index in [4.69, 9.17) is 5.26 Å². The van der Waals surface area contributed by atoms with Gasteiger partial charge >= 0.3 is 0 Å². The van der Waals surface area contributed by atoms with Crippen LogP contribution in [0.25, 0.3) is 0 Å². The Kier molecular flexibility index (Phi) is 6.48. The summed E-state index contributed by atoms with van der Waals surface area (Å²) in [5.74, 6) is 0.0506. The number of benzene rings is 1. The van der Waals surface area contributed by atoms with E-state index >= 15 is 0 Å². The Morgan fingerprint density at radius 1 is 1.29 bits per heavy atom. The van der Waals surface area contributed by atoms with Crippen molar-refractivity contribution in [2.24, 2.45) is 0 Å². The van der Waals surface area contributed by atoms with Gasteiger partial charge in [-0.05, 0) is 37.0 Å². The number of hydrogen-bond acceptors (Lipinski definition) is 3. The van der Waals surface area contributed by atoms with E-state index in [0.717, 1.165) is 6.42 Å². The number of carbonyl (C=O) groups is 1. The normalized spacial score (nSPS) is 12.7. The standard InChI is InChI=1S/C17H23N3O/c1-5-13(4)19-11-15(10-18)17(21)20-16-8-6-14(7-9-16)12(2)3/h6-9,11-13,19H,5H2,1-4H3,(H,20,21)/b15-11-. The second-order valence-electron chi connectivity index (χ2n) is 5.38. The van der Waals surface area contributed by atoms with Crippen LogP contribution in [0.5, 0.6) is 0 Å². The number of amides is 1. The van der Waals surface area contributed by atoms with Crippen molar-refractivity contribution in [1.29, 1.82) is 5.26 Å². The third kappa shape index (κ3) is 5.31. The van der Waals surface area contributed by atoms with Crippen LogP contribution in [0.15, 0.2) is 36.0 Å². The molecule has 1 unspecified atom stereocenters. The number of hydrogen-bond donors (Lipinski definition) is 2. The molecule has 2 N–H and O–H groups in total. The molecule has 1 rings (SSSR count). The Labute approximate surface area is 126 Å². The predicted octanol–water partition coefficient (Wildman–Crippen LogP) is 3.54. The smallest absolute Gasteiger partial charge is 0.267 e. The molecule has 0 spiro atoms. The van der Waals surface area contributed by atoms with Crippen LogP contribution in [-0.2, 0) is 4.79 Å². The molecule has 0 fully saturated rings. The van der Waals surface area contributed by atoms with E-state index in [0.29, 0.717) is 11.6 Å². The summed E-state index contributed by atoms with van der Waals surface area (Å²) < 4.78 is 0. The fraction of sp³-hybridized carbons (Fsp3) is 0.412. The van der Waals surface area contributed by atoms with Crippen molar-refractivity contribution >= 4 is 11.6 Å². The van der Waals surface area contributed by atoms with Gasteiger partial charge in [-0.25, -0.2) is 0 Å². The molecule has 0 heterocycles. The van der Waals surface area contributed by atoms with Gasteiger partial charge in [-0.2, -0.15) is 5.26 Å². The van der Waals surface area contributed by atoms with Gasteiger partial charge in [0, 0.05) is 17.9 Å². The van der Waals surface area contributed by atoms with Crippen LogP contribution in [0, 0.1) is 11.3 Å². The molecule has 0 aromatic heterocycles. The second-order valence-corrected chi connectivity index (χ2v) is 5.38. The number of nitrogens with zero attached hydrogens (tertiary/aromatic N) is 1. The SMILES string of the molecule is CCC(C)N/C=C(/C#N)C(=O)Nc1ccc(C(C)C)cc1. The number of nitrogens with one attached hydrogen (secondary N) is 2. The third-order valence-electron chi connectivity index (χ3n) is 3.32. The minimum Gasteiger partial charge on any atom is -0.387 e. The van der Waals surface area contributed by atoms with Gasteiger partial charge in [0.25, 0.3) is 5.91 Å². The van der Waals surface area contributed by atoms with E-state index in [1.165, 1.54) is 11.8 Å². The molecule has 1 aromatic carbocycles. The van der Waals surface area contributed by atoms with Crippen LogP contribution >= 0.6 is 0 Å². The molecule has 1 atom stereocenters. The predicted molar refractivity (Wildman–Crippen MR) is 85.7 cm³/mol. The highest BCUT2D eigenvalue weighted by molar-refractivity contribution is 6.06. The molecular weight excluding hydrogens is 262 g/mol. The molecule has 1 aromatic rings. The Morgan fingerprint density at radius 2 is 1.90 bits per heavy atom. The largest absolute Gasteiger partial charge is 0.387 e. The lowest BCUT2D eigenvalue weighted by Gasteiger charge is -2.10. The zero-order valence-electron chi connectivity index (χ0n) is 13.1. The minimum absolute atomic E-state index is 0.0724. The zero-order valence-corrected chi connectivity index (χ0v) is 13.1. The number of anilines is 1. The Hall–Kier alpha value is -2.28. The van der Waals surface area contributed by atoms with Gasteiger partial charge in [0.1, 0.15) is 11.6 Å². The Morgan fingerprint density at radius 3 is 2.38 bits per heavy atom. The molecule has 0 radical (unpaired) electrons. The molecule has 4 nitrogen and oxygen atoms in total. The van der Waals surface area contributed by atoms with E-state index in [1.54, 1.807) is 0 Å². The lowest BCUT2D eigenvalue weighted by atomic mass is 10.0. The van der Waals surface area contributed by atoms with Gasteiger partial charge in [-0.3, -0.25) is 4.79 Å². The molecule has 0 aliphatic rings. The molecule has 4 heteroatoms. The lowest BCUT2D eigenvalue weighted by molar-refractivity contribution is -0.112. The van der Waals surface area contributed by atoms with Crippen molar-refractivity contribution < 1.29 is 4.79 Å². The zero-order chi connectivity index (χ0) is 15.8. The van der Waals surface area contributed by atoms with Gasteiger partial charge < -0.3 is 10.6 Å². The van der Waals surface area contributed by atoms with Crippen LogP contribution in [0.2, 0.25) is 0 Å². The molecule has 21 heavy (non-hydrogen) atoms. The molecule has 0 aliphatic carbocycles. The summed E-state index contributed by atoms with van der Waals surface area (Å²) in [6.45, 7) is 8.26. The van der Waals surface area contributed by atoms with Crippen LogP contribution in [0.1, 0.15) is 45.6 Å². The van der Waals surface area contributed by atoms with E-state index in [2.05, 4.69) is 24.5 Å². The Bertz CT molecular complexity index is 538. The summed E-state index contributed by atoms with van der Waals surface area (Å²) in [5.41, 5.74) is 1.97. The molecular formula is C17H23N3O. The first-order valence-corrected chi connectivity index (χ1v) is 7.25. The fourth-order valence-electron chi connectivity index (χ4n) is 1.64. The van der Waals surface area contributed by atoms with Crippen molar-refractivity contribution in [1.82, 2.24) is 5.32 Å². The van der Waals surface area contributed by atoms with Gasteiger partial charge in [0.2, 0.25) is 0 Å². The maximum atomic E-state index is 12.0. The van der Waals surface area contributed by atoms with Gasteiger partial charge in [-0.15, -0.1) is 0 Å². The summed E-state index contributed by atoms with van der Waals surface area (Å²) in [6.07, 6.45) is 2.40. The molecule has 112 valence electrons. The lowest BCUT2D eigenvalue weighted by Crippen LogP contribution is -2.22. The fourth-order valence-corrected chi connectivity index (χ4v) is 1.64. The van der Waals surface area contributed by atoms with Crippen LogP contribution < -0.4 is 10.6 Å². The minimum atomic E-state index is -0.398. The van der Waals surface area contributed by atoms with E-state index in [-0.39, 0.29) is 11.6 Å². The highest BCUT2D eigenvalue weighted by Crippen LogP contribution is 2.17. The first-order chi connectivity index (χ1) is 9.97. The first kappa shape index (κ1) is 16.8. The number of rotatable bonds is 6. The van der Waals surface area contributed by atoms with Crippen molar-refractivity contribution in [2.45, 2.75) is 46.1 Å². The first-order valence-electron chi connectivity index (χ1n) is 7.25. The highest BCUT2D eigenvalue weighted by Gasteiger charge is 2.10. The average Bonchev–Trinajstić information content (AvgIpc) is 2.48. The van der Waals surface area contributed by atoms with E-state index in [1.807, 2.05) is 44.2 Å². The molecule has 1 amide bonds. The summed E-state index contributed by atoms with van der Waals surface area (Å²) in [4.78, 5) is 12.0. The summed E-state index contributed by atoms with van der Waals surface area (Å²) >= 11 is 0. The topological polar surface area (TPSA) is 64.9 Å².